The van der Waals surface area contributed by atoms with E-state index in [4.69, 9.17) is 4.99 Å². The highest BCUT2D eigenvalue weighted by Crippen LogP contribution is 2.37. The molecule has 0 spiro atoms. The average molecular weight is 468 g/mol. The lowest BCUT2D eigenvalue weighted by atomic mass is 10.1. The number of amides is 1. The van der Waals surface area contributed by atoms with Crippen molar-refractivity contribution in [3.63, 3.8) is 0 Å². The van der Waals surface area contributed by atoms with E-state index >= 15 is 0 Å². The van der Waals surface area contributed by atoms with Crippen molar-refractivity contribution in [2.24, 2.45) is 4.99 Å². The van der Waals surface area contributed by atoms with Gasteiger partial charge in [0.2, 0.25) is 5.91 Å². The molecule has 0 aromatic rings. The molecular formula is C17H33IN4OS. The van der Waals surface area contributed by atoms with Gasteiger partial charge >= 0.3 is 0 Å². The molecule has 1 aliphatic carbocycles. The molecule has 0 bridgehead atoms. The van der Waals surface area contributed by atoms with E-state index < -0.39 is 0 Å². The lowest BCUT2D eigenvalue weighted by molar-refractivity contribution is -0.121. The second-order valence-electron chi connectivity index (χ2n) is 6.82. The van der Waals surface area contributed by atoms with Crippen LogP contribution in [0.1, 0.15) is 58.8 Å². The maximum absolute atomic E-state index is 11.9. The first-order chi connectivity index (χ1) is 11.1. The van der Waals surface area contributed by atoms with Crippen molar-refractivity contribution >= 4 is 47.6 Å². The summed E-state index contributed by atoms with van der Waals surface area (Å²) < 4.78 is 0.280. The molecule has 2 rings (SSSR count). The zero-order valence-corrected chi connectivity index (χ0v) is 18.2. The second kappa shape index (κ2) is 11.4. The Hall–Kier alpha value is -0.180. The quantitative estimate of drug-likeness (QED) is 0.306. The van der Waals surface area contributed by atoms with Gasteiger partial charge in [0.15, 0.2) is 5.96 Å². The van der Waals surface area contributed by atoms with Gasteiger partial charge in [0, 0.05) is 30.3 Å². The van der Waals surface area contributed by atoms with E-state index in [1.54, 1.807) is 0 Å². The molecule has 1 saturated carbocycles. The van der Waals surface area contributed by atoms with Crippen LogP contribution in [0.3, 0.4) is 0 Å². The van der Waals surface area contributed by atoms with E-state index in [0.717, 1.165) is 31.9 Å². The number of carbonyl (C=O) groups is 1. The smallest absolute Gasteiger partial charge is 0.221 e. The molecule has 1 atom stereocenters. The Kier molecular flexibility index (Phi) is 10.4. The minimum Gasteiger partial charge on any atom is -0.357 e. The summed E-state index contributed by atoms with van der Waals surface area (Å²) in [5, 5.41) is 9.68. The van der Waals surface area contributed by atoms with E-state index in [1.165, 1.54) is 31.4 Å². The van der Waals surface area contributed by atoms with Crippen molar-refractivity contribution in [1.82, 2.24) is 16.0 Å². The summed E-state index contributed by atoms with van der Waals surface area (Å²) in [6, 6.07) is 0.406. The Balaban J connectivity index is 0.00000288. The van der Waals surface area contributed by atoms with Crippen LogP contribution in [0.15, 0.2) is 4.99 Å². The van der Waals surface area contributed by atoms with Gasteiger partial charge in [-0.25, -0.2) is 0 Å². The molecule has 1 heterocycles. The van der Waals surface area contributed by atoms with E-state index in [0.29, 0.717) is 19.0 Å². The maximum Gasteiger partial charge on any atom is 0.221 e. The van der Waals surface area contributed by atoms with Crippen LogP contribution in [-0.4, -0.2) is 48.0 Å². The van der Waals surface area contributed by atoms with Crippen molar-refractivity contribution in [3.8, 4) is 0 Å². The van der Waals surface area contributed by atoms with Crippen LogP contribution in [0, 0.1) is 0 Å². The number of carbonyl (C=O) groups excluding carboxylic acids is 1. The summed E-state index contributed by atoms with van der Waals surface area (Å²) in [4.78, 5) is 16.7. The van der Waals surface area contributed by atoms with Crippen molar-refractivity contribution in [2.75, 3.05) is 25.4 Å². The summed E-state index contributed by atoms with van der Waals surface area (Å²) in [5.74, 6) is 2.23. The fraction of sp³-hybridized carbons (Fsp3) is 0.882. The number of nitrogens with zero attached hydrogens (tertiary/aromatic N) is 1. The minimum absolute atomic E-state index is 0. The van der Waals surface area contributed by atoms with Gasteiger partial charge in [-0.05, 0) is 45.3 Å². The molecule has 7 heteroatoms. The van der Waals surface area contributed by atoms with Crippen LogP contribution >= 0.6 is 35.7 Å². The molecule has 1 amide bonds. The molecular weight excluding hydrogens is 435 g/mol. The van der Waals surface area contributed by atoms with Crippen LogP contribution in [-0.2, 0) is 4.79 Å². The van der Waals surface area contributed by atoms with Gasteiger partial charge in [0.1, 0.15) is 0 Å². The van der Waals surface area contributed by atoms with Gasteiger partial charge in [-0.3, -0.25) is 9.79 Å². The summed E-state index contributed by atoms with van der Waals surface area (Å²) >= 11 is 2.02. The topological polar surface area (TPSA) is 65.5 Å². The van der Waals surface area contributed by atoms with Crippen molar-refractivity contribution in [1.29, 1.82) is 0 Å². The number of rotatable bonds is 7. The van der Waals surface area contributed by atoms with Crippen LogP contribution in [0.25, 0.3) is 0 Å². The number of hydrogen-bond acceptors (Lipinski definition) is 3. The van der Waals surface area contributed by atoms with Gasteiger partial charge in [-0.2, -0.15) is 11.8 Å². The molecule has 1 unspecified atom stereocenters. The Morgan fingerprint density at radius 1 is 1.25 bits per heavy atom. The Morgan fingerprint density at radius 2 is 2.00 bits per heavy atom. The molecule has 1 saturated heterocycles. The molecule has 0 aromatic heterocycles. The van der Waals surface area contributed by atoms with Gasteiger partial charge in [-0.1, -0.05) is 12.8 Å². The fourth-order valence-corrected chi connectivity index (χ4v) is 4.44. The maximum atomic E-state index is 11.9. The van der Waals surface area contributed by atoms with Crippen LogP contribution < -0.4 is 16.0 Å². The molecule has 3 N–H and O–H groups in total. The largest absolute Gasteiger partial charge is 0.357 e. The number of guanidine groups is 1. The zero-order chi connectivity index (χ0) is 16.5. The standard InChI is InChI=1S/C17H32N4OS.HI/c1-3-18-16(20-13-17(2)10-6-12-23-17)19-11-9-15(22)21-14-7-4-5-8-14;/h14H,3-13H2,1-2H3,(H,21,22)(H2,18,19,20);1H. The van der Waals surface area contributed by atoms with Gasteiger partial charge in [0.05, 0.1) is 6.54 Å². The Labute approximate surface area is 168 Å². The highest BCUT2D eigenvalue weighted by atomic mass is 127. The lowest BCUT2D eigenvalue weighted by Gasteiger charge is -2.21. The van der Waals surface area contributed by atoms with Crippen molar-refractivity contribution < 1.29 is 4.79 Å². The normalized spacial score (nSPS) is 24.5. The highest BCUT2D eigenvalue weighted by molar-refractivity contribution is 14.0. The van der Waals surface area contributed by atoms with Crippen LogP contribution in [0.2, 0.25) is 0 Å². The third-order valence-electron chi connectivity index (χ3n) is 4.58. The first-order valence-electron chi connectivity index (χ1n) is 9.07. The third kappa shape index (κ3) is 7.80. The summed E-state index contributed by atoms with van der Waals surface area (Å²) in [6.45, 7) is 6.67. The molecule has 140 valence electrons. The molecule has 0 aromatic carbocycles. The van der Waals surface area contributed by atoms with Crippen LogP contribution in [0.5, 0.6) is 0 Å². The number of hydrogen-bond donors (Lipinski definition) is 3. The molecule has 2 aliphatic rings. The monoisotopic (exact) mass is 468 g/mol. The number of aliphatic imine (C=N–C) groups is 1. The fourth-order valence-electron chi connectivity index (χ4n) is 3.21. The first-order valence-corrected chi connectivity index (χ1v) is 10.1. The SMILES string of the molecule is CCNC(=NCC1(C)CCCS1)NCCC(=O)NC1CCCC1.I. The van der Waals surface area contributed by atoms with Crippen LogP contribution in [0.4, 0.5) is 0 Å². The van der Waals surface area contributed by atoms with Gasteiger partial charge in [0.25, 0.3) is 0 Å². The first kappa shape index (κ1) is 21.9. The molecule has 1 aliphatic heterocycles. The highest BCUT2D eigenvalue weighted by Gasteiger charge is 2.29. The zero-order valence-electron chi connectivity index (χ0n) is 15.0. The average Bonchev–Trinajstić information content (AvgIpc) is 3.17. The second-order valence-corrected chi connectivity index (χ2v) is 8.51. The predicted octanol–water partition coefficient (Wildman–Crippen LogP) is 2.89. The lowest BCUT2D eigenvalue weighted by Crippen LogP contribution is -2.41. The van der Waals surface area contributed by atoms with E-state index in [-0.39, 0.29) is 34.6 Å². The number of halogens is 1. The van der Waals surface area contributed by atoms with E-state index in [9.17, 15) is 4.79 Å². The summed E-state index contributed by atoms with van der Waals surface area (Å²) in [7, 11) is 0. The molecule has 0 radical (unpaired) electrons. The molecule has 24 heavy (non-hydrogen) atoms. The molecule has 5 nitrogen and oxygen atoms in total. The Bertz CT molecular complexity index is 407. The number of thioether (sulfide) groups is 1. The van der Waals surface area contributed by atoms with Gasteiger partial charge in [-0.15, -0.1) is 24.0 Å². The number of nitrogens with one attached hydrogen (secondary N) is 3. The minimum atomic E-state index is 0. The third-order valence-corrected chi connectivity index (χ3v) is 6.10. The van der Waals surface area contributed by atoms with Gasteiger partial charge < -0.3 is 16.0 Å². The summed E-state index contributed by atoms with van der Waals surface area (Å²) in [5.41, 5.74) is 0. The van der Waals surface area contributed by atoms with Crippen molar-refractivity contribution in [3.05, 3.63) is 0 Å². The van der Waals surface area contributed by atoms with E-state index in [2.05, 4.69) is 29.8 Å². The van der Waals surface area contributed by atoms with E-state index in [1.807, 2.05) is 11.8 Å². The predicted molar refractivity (Wildman–Crippen MR) is 115 cm³/mol. The molecule has 2 fully saturated rings. The Morgan fingerprint density at radius 3 is 2.62 bits per heavy atom. The summed E-state index contributed by atoms with van der Waals surface area (Å²) in [6.07, 6.45) is 7.81. The van der Waals surface area contributed by atoms with Crippen molar-refractivity contribution in [2.45, 2.75) is 69.6 Å².